The van der Waals surface area contributed by atoms with E-state index in [9.17, 15) is 9.18 Å². The summed E-state index contributed by atoms with van der Waals surface area (Å²) in [5.74, 6) is -0.219. The van der Waals surface area contributed by atoms with Crippen molar-refractivity contribution in [3.63, 3.8) is 0 Å². The van der Waals surface area contributed by atoms with Crippen molar-refractivity contribution in [2.24, 2.45) is 0 Å². The summed E-state index contributed by atoms with van der Waals surface area (Å²) in [4.78, 5) is 13.4. The Morgan fingerprint density at radius 3 is 2.87 bits per heavy atom. The highest BCUT2D eigenvalue weighted by molar-refractivity contribution is 6.31. The van der Waals surface area contributed by atoms with Crippen LogP contribution in [0.4, 0.5) is 16.0 Å². The molecule has 4 rings (SSSR count). The number of nitrogens with one attached hydrogen (secondary N) is 2. The molecule has 1 aliphatic rings. The highest BCUT2D eigenvalue weighted by Gasteiger charge is 2.37. The van der Waals surface area contributed by atoms with E-state index in [0.29, 0.717) is 23.7 Å². The largest absolute Gasteiger partial charge is 0.492 e. The molecule has 1 atom stereocenters. The molecule has 0 saturated carbocycles. The van der Waals surface area contributed by atoms with Crippen molar-refractivity contribution >= 4 is 29.1 Å². The third kappa shape index (κ3) is 3.48. The molecule has 2 N–H and O–H groups in total. The Labute approximate surface area is 176 Å². The van der Waals surface area contributed by atoms with E-state index >= 15 is 0 Å². The van der Waals surface area contributed by atoms with Gasteiger partial charge in [-0.25, -0.2) is 4.39 Å². The van der Waals surface area contributed by atoms with Crippen LogP contribution in [0.5, 0.6) is 5.75 Å². The second-order valence-corrected chi connectivity index (χ2v) is 6.94. The Kier molecular flexibility index (Phi) is 5.37. The van der Waals surface area contributed by atoms with Gasteiger partial charge in [0.2, 0.25) is 5.95 Å². The molecule has 8 nitrogen and oxygen atoms in total. The van der Waals surface area contributed by atoms with Crippen LogP contribution in [0.1, 0.15) is 25.5 Å². The van der Waals surface area contributed by atoms with Gasteiger partial charge < -0.3 is 15.4 Å². The van der Waals surface area contributed by atoms with Gasteiger partial charge in [-0.1, -0.05) is 34.9 Å². The number of aromatic nitrogens is 4. The minimum Gasteiger partial charge on any atom is -0.492 e. The van der Waals surface area contributed by atoms with Crippen molar-refractivity contribution in [3.8, 4) is 5.75 Å². The average molecular weight is 429 g/mol. The molecule has 0 spiro atoms. The van der Waals surface area contributed by atoms with E-state index in [-0.39, 0.29) is 22.1 Å². The number of carbonyl (C=O) groups excluding carboxylic acids is 1. The van der Waals surface area contributed by atoms with Crippen molar-refractivity contribution < 1.29 is 13.9 Å². The van der Waals surface area contributed by atoms with Gasteiger partial charge in [0.1, 0.15) is 17.6 Å². The first-order valence-corrected chi connectivity index (χ1v) is 9.61. The summed E-state index contributed by atoms with van der Waals surface area (Å²) < 4.78 is 21.7. The highest BCUT2D eigenvalue weighted by Crippen LogP contribution is 2.39. The van der Waals surface area contributed by atoms with Gasteiger partial charge in [-0.15, -0.1) is 0 Å². The number of ether oxygens (including phenoxy) is 1. The third-order valence-electron chi connectivity index (χ3n) is 4.67. The van der Waals surface area contributed by atoms with Gasteiger partial charge in [-0.3, -0.25) is 4.79 Å². The zero-order chi connectivity index (χ0) is 21.3. The Balaban J connectivity index is 1.80. The summed E-state index contributed by atoms with van der Waals surface area (Å²) >= 11 is 6.32. The summed E-state index contributed by atoms with van der Waals surface area (Å²) in [6.07, 6.45) is 0. The van der Waals surface area contributed by atoms with E-state index in [4.69, 9.17) is 16.3 Å². The maximum Gasteiger partial charge on any atom is 0.255 e. The Hall–Kier alpha value is -3.46. The normalized spacial score (nSPS) is 15.4. The Bertz CT molecular complexity index is 1130. The van der Waals surface area contributed by atoms with Crippen LogP contribution in [0.3, 0.4) is 0 Å². The number of amides is 1. The number of hydrogen-bond donors (Lipinski definition) is 2. The molecule has 1 amide bonds. The number of rotatable bonds is 5. The molecule has 1 aromatic heterocycles. The lowest BCUT2D eigenvalue weighted by Gasteiger charge is -2.28. The molecular formula is C20H18ClFN6O2. The van der Waals surface area contributed by atoms with Crippen LogP contribution in [-0.2, 0) is 4.79 Å². The maximum absolute atomic E-state index is 14.8. The lowest BCUT2D eigenvalue weighted by Crippen LogP contribution is -2.32. The molecule has 0 saturated heterocycles. The van der Waals surface area contributed by atoms with Crippen molar-refractivity contribution in [1.29, 1.82) is 0 Å². The molecule has 0 aliphatic carbocycles. The van der Waals surface area contributed by atoms with Crippen molar-refractivity contribution in [3.05, 3.63) is 70.1 Å². The molecule has 1 aliphatic heterocycles. The van der Waals surface area contributed by atoms with Gasteiger partial charge in [0.25, 0.3) is 5.91 Å². The first kappa shape index (κ1) is 19.8. The summed E-state index contributed by atoms with van der Waals surface area (Å²) in [6, 6.07) is 10.4. The van der Waals surface area contributed by atoms with Crippen LogP contribution in [0.25, 0.3) is 0 Å². The van der Waals surface area contributed by atoms with E-state index in [1.807, 2.05) is 13.0 Å². The summed E-state index contributed by atoms with van der Waals surface area (Å²) in [5.41, 5.74) is 1.31. The molecule has 3 aromatic rings. The minimum absolute atomic E-state index is 0.108. The van der Waals surface area contributed by atoms with Crippen LogP contribution in [0.2, 0.25) is 5.02 Å². The standard InChI is InChI=1S/C20H18ClFN6O2/c1-3-30-15-10-5-4-9-14(15)24-19(29)16-11(2)23-20-25-26-27-28(20)18(16)17-12(21)7-6-8-13(17)22/h4-10,18H,3H2,1-2H3,(H,24,29)(H,23,25,27). The van der Waals surface area contributed by atoms with Gasteiger partial charge in [0, 0.05) is 16.3 Å². The van der Waals surface area contributed by atoms with Gasteiger partial charge in [-0.2, -0.15) is 4.68 Å². The number of carbonyl (C=O) groups is 1. The maximum atomic E-state index is 14.8. The van der Waals surface area contributed by atoms with Gasteiger partial charge in [0.05, 0.1) is 17.9 Å². The van der Waals surface area contributed by atoms with E-state index in [1.165, 1.54) is 16.8 Å². The number of tetrazole rings is 1. The minimum atomic E-state index is -0.954. The Morgan fingerprint density at radius 2 is 2.10 bits per heavy atom. The lowest BCUT2D eigenvalue weighted by molar-refractivity contribution is -0.113. The van der Waals surface area contributed by atoms with E-state index in [1.54, 1.807) is 31.2 Å². The number of allylic oxidation sites excluding steroid dienone is 1. The van der Waals surface area contributed by atoms with Crippen LogP contribution >= 0.6 is 11.6 Å². The third-order valence-corrected chi connectivity index (χ3v) is 5.00. The molecule has 1 unspecified atom stereocenters. The van der Waals surface area contributed by atoms with Crippen LogP contribution < -0.4 is 15.4 Å². The highest BCUT2D eigenvalue weighted by atomic mass is 35.5. The molecule has 30 heavy (non-hydrogen) atoms. The van der Waals surface area contributed by atoms with Gasteiger partial charge in [0.15, 0.2) is 0 Å². The zero-order valence-electron chi connectivity index (χ0n) is 16.2. The fraction of sp³-hybridized carbons (Fsp3) is 0.200. The molecular weight excluding hydrogens is 411 g/mol. The van der Waals surface area contributed by atoms with E-state index < -0.39 is 17.8 Å². The average Bonchev–Trinajstić information content (AvgIpc) is 3.17. The first-order valence-electron chi connectivity index (χ1n) is 9.24. The summed E-state index contributed by atoms with van der Waals surface area (Å²) in [6.45, 7) is 3.99. The van der Waals surface area contributed by atoms with E-state index in [2.05, 4.69) is 26.2 Å². The molecule has 2 heterocycles. The zero-order valence-corrected chi connectivity index (χ0v) is 16.9. The van der Waals surface area contributed by atoms with Crippen LogP contribution in [0, 0.1) is 5.82 Å². The number of hydrogen-bond acceptors (Lipinski definition) is 6. The lowest BCUT2D eigenvalue weighted by atomic mass is 9.94. The van der Waals surface area contributed by atoms with Crippen molar-refractivity contribution in [2.75, 3.05) is 17.2 Å². The quantitative estimate of drug-likeness (QED) is 0.642. The van der Waals surface area contributed by atoms with Crippen LogP contribution in [0.15, 0.2) is 53.7 Å². The molecule has 2 aromatic carbocycles. The second-order valence-electron chi connectivity index (χ2n) is 6.53. The number of fused-ring (bicyclic) bond motifs is 1. The molecule has 10 heteroatoms. The SMILES string of the molecule is CCOc1ccccc1NC(=O)C1=C(C)Nc2nnnn2C1c1c(F)cccc1Cl. The molecule has 154 valence electrons. The number of para-hydroxylation sites is 2. The molecule has 0 fully saturated rings. The smallest absolute Gasteiger partial charge is 0.255 e. The van der Waals surface area contributed by atoms with Crippen LogP contribution in [-0.4, -0.2) is 32.7 Å². The van der Waals surface area contributed by atoms with Crippen molar-refractivity contribution in [2.45, 2.75) is 19.9 Å². The topological polar surface area (TPSA) is 94.0 Å². The summed E-state index contributed by atoms with van der Waals surface area (Å²) in [7, 11) is 0. The van der Waals surface area contributed by atoms with E-state index in [0.717, 1.165) is 0 Å². The first-order chi connectivity index (χ1) is 14.5. The number of nitrogens with zero attached hydrogens (tertiary/aromatic N) is 4. The number of anilines is 2. The number of halogens is 2. The monoisotopic (exact) mass is 428 g/mol. The predicted molar refractivity (Wildman–Crippen MR) is 110 cm³/mol. The molecule has 0 bridgehead atoms. The predicted octanol–water partition coefficient (Wildman–Crippen LogP) is 3.79. The second kappa shape index (κ2) is 8.11. The number of benzene rings is 2. The van der Waals surface area contributed by atoms with Crippen molar-refractivity contribution in [1.82, 2.24) is 20.2 Å². The molecule has 0 radical (unpaired) electrons. The fourth-order valence-corrected chi connectivity index (χ4v) is 3.65. The van der Waals surface area contributed by atoms with Gasteiger partial charge in [-0.05, 0) is 48.5 Å². The Morgan fingerprint density at radius 1 is 1.30 bits per heavy atom. The summed E-state index contributed by atoms with van der Waals surface area (Å²) in [5, 5.41) is 17.5. The fourth-order valence-electron chi connectivity index (χ4n) is 3.39. The van der Waals surface area contributed by atoms with Gasteiger partial charge >= 0.3 is 0 Å².